The lowest BCUT2D eigenvalue weighted by molar-refractivity contribution is -0.145. The van der Waals surface area contributed by atoms with Crippen molar-refractivity contribution < 1.29 is 19.4 Å². The first kappa shape index (κ1) is 11.4. The highest BCUT2D eigenvalue weighted by Crippen LogP contribution is 2.42. The Balaban J connectivity index is 2.30. The predicted octanol–water partition coefficient (Wildman–Crippen LogP) is 0.711. The van der Waals surface area contributed by atoms with E-state index in [1.165, 1.54) is 0 Å². The van der Waals surface area contributed by atoms with Crippen LogP contribution in [0.2, 0.25) is 0 Å². The van der Waals surface area contributed by atoms with E-state index in [0.29, 0.717) is 22.9 Å². The molecule has 1 heterocycles. The lowest BCUT2D eigenvalue weighted by atomic mass is 10.0. The smallest absolute Gasteiger partial charge is 0.310 e. The number of nitrogens with two attached hydrogens (primary N) is 2. The molecule has 5 N–H and O–H groups in total. The number of rotatable bonds is 2. The Morgan fingerprint density at radius 2 is 2.00 bits per heavy atom. The largest absolute Gasteiger partial charge is 0.484 e. The summed E-state index contributed by atoms with van der Waals surface area (Å²) in [6.07, 6.45) is -0.566. The van der Waals surface area contributed by atoms with E-state index in [-0.39, 0.29) is 6.61 Å². The van der Waals surface area contributed by atoms with Crippen LogP contribution in [0.25, 0.3) is 0 Å². The molecule has 0 saturated carbocycles. The summed E-state index contributed by atoms with van der Waals surface area (Å²) in [5.41, 5.74) is 12.3. The van der Waals surface area contributed by atoms with Crippen molar-refractivity contribution >= 4 is 17.3 Å². The number of ether oxygens (including phenoxy) is 2. The standard InChI is InChI=1S/C11H14N2O4/c1-5(11(14)15)8-4-16-9-6(12)2-3-7(13)10(9)17-8/h2-3,5,8H,4,12-13H2,1H3,(H,14,15)/t5?,8-/m0/s1. The number of hydrogen-bond donors (Lipinski definition) is 3. The van der Waals surface area contributed by atoms with Crippen LogP contribution < -0.4 is 20.9 Å². The minimum atomic E-state index is -0.940. The van der Waals surface area contributed by atoms with Gasteiger partial charge in [0, 0.05) is 0 Å². The summed E-state index contributed by atoms with van der Waals surface area (Å²) < 4.78 is 11.0. The van der Waals surface area contributed by atoms with Crippen LogP contribution in [0, 0.1) is 5.92 Å². The van der Waals surface area contributed by atoms with Crippen molar-refractivity contribution in [1.29, 1.82) is 0 Å². The molecule has 92 valence electrons. The fourth-order valence-electron chi connectivity index (χ4n) is 1.62. The van der Waals surface area contributed by atoms with E-state index in [9.17, 15) is 4.79 Å². The van der Waals surface area contributed by atoms with Gasteiger partial charge in [0.15, 0.2) is 11.5 Å². The molecular formula is C11H14N2O4. The molecular weight excluding hydrogens is 224 g/mol. The summed E-state index contributed by atoms with van der Waals surface area (Å²) in [6.45, 7) is 1.71. The highest BCUT2D eigenvalue weighted by Gasteiger charge is 2.32. The van der Waals surface area contributed by atoms with Crippen LogP contribution in [0.5, 0.6) is 11.5 Å². The normalized spacial score (nSPS) is 19.7. The Kier molecular flexibility index (Phi) is 2.71. The van der Waals surface area contributed by atoms with E-state index in [4.69, 9.17) is 26.0 Å². The van der Waals surface area contributed by atoms with Gasteiger partial charge in [-0.15, -0.1) is 0 Å². The molecule has 1 aliphatic heterocycles. The van der Waals surface area contributed by atoms with Crippen LogP contribution >= 0.6 is 0 Å². The maximum Gasteiger partial charge on any atom is 0.310 e. The van der Waals surface area contributed by atoms with Crippen LogP contribution in [0.15, 0.2) is 12.1 Å². The molecule has 0 spiro atoms. The molecule has 0 aliphatic carbocycles. The summed E-state index contributed by atoms with van der Waals surface area (Å²) in [5.74, 6) is -0.901. The molecule has 0 saturated heterocycles. The highest BCUT2D eigenvalue weighted by atomic mass is 16.6. The zero-order valence-electron chi connectivity index (χ0n) is 9.34. The maximum atomic E-state index is 10.9. The molecule has 2 rings (SSSR count). The Morgan fingerprint density at radius 3 is 2.59 bits per heavy atom. The third-order valence-electron chi connectivity index (χ3n) is 2.78. The van der Waals surface area contributed by atoms with Crippen molar-refractivity contribution in [3.05, 3.63) is 12.1 Å². The molecule has 17 heavy (non-hydrogen) atoms. The van der Waals surface area contributed by atoms with E-state index < -0.39 is 18.0 Å². The molecule has 1 aromatic carbocycles. The number of carboxylic acids is 1. The molecule has 2 atom stereocenters. The van der Waals surface area contributed by atoms with Crippen LogP contribution in [0.1, 0.15) is 6.92 Å². The minimum absolute atomic E-state index is 0.147. The zero-order valence-corrected chi connectivity index (χ0v) is 9.34. The number of aliphatic carboxylic acids is 1. The van der Waals surface area contributed by atoms with Crippen molar-refractivity contribution in [2.24, 2.45) is 5.92 Å². The fraction of sp³-hybridized carbons (Fsp3) is 0.364. The Morgan fingerprint density at radius 1 is 1.41 bits per heavy atom. The van der Waals surface area contributed by atoms with Crippen molar-refractivity contribution in [2.75, 3.05) is 18.1 Å². The van der Waals surface area contributed by atoms with Crippen molar-refractivity contribution in [2.45, 2.75) is 13.0 Å². The second kappa shape index (κ2) is 4.04. The maximum absolute atomic E-state index is 10.9. The van der Waals surface area contributed by atoms with E-state index in [1.807, 2.05) is 0 Å². The predicted molar refractivity (Wildman–Crippen MR) is 62.0 cm³/mol. The number of benzene rings is 1. The molecule has 0 aromatic heterocycles. The Labute approximate surface area is 98.1 Å². The second-order valence-corrected chi connectivity index (χ2v) is 4.00. The first-order valence-electron chi connectivity index (χ1n) is 5.21. The summed E-state index contributed by atoms with van der Waals surface area (Å²) in [4.78, 5) is 10.9. The average Bonchev–Trinajstić information content (AvgIpc) is 2.32. The van der Waals surface area contributed by atoms with Crippen molar-refractivity contribution in [1.82, 2.24) is 0 Å². The van der Waals surface area contributed by atoms with Crippen LogP contribution in [0.4, 0.5) is 11.4 Å². The van der Waals surface area contributed by atoms with Crippen LogP contribution in [0.3, 0.4) is 0 Å². The van der Waals surface area contributed by atoms with Gasteiger partial charge < -0.3 is 26.0 Å². The van der Waals surface area contributed by atoms with Gasteiger partial charge in [-0.05, 0) is 19.1 Å². The molecule has 0 radical (unpaired) electrons. The number of hydrogen-bond acceptors (Lipinski definition) is 5. The lowest BCUT2D eigenvalue weighted by Gasteiger charge is -2.30. The minimum Gasteiger partial charge on any atom is -0.484 e. The van der Waals surface area contributed by atoms with Gasteiger partial charge >= 0.3 is 5.97 Å². The highest BCUT2D eigenvalue weighted by molar-refractivity contribution is 5.73. The summed E-state index contributed by atoms with van der Waals surface area (Å²) in [7, 11) is 0. The van der Waals surface area contributed by atoms with E-state index in [2.05, 4.69) is 0 Å². The second-order valence-electron chi connectivity index (χ2n) is 4.00. The molecule has 1 aromatic rings. The van der Waals surface area contributed by atoms with Gasteiger partial charge in [-0.2, -0.15) is 0 Å². The van der Waals surface area contributed by atoms with Crippen molar-refractivity contribution in [3.63, 3.8) is 0 Å². The van der Waals surface area contributed by atoms with E-state index >= 15 is 0 Å². The monoisotopic (exact) mass is 238 g/mol. The van der Waals surface area contributed by atoms with Crippen LogP contribution in [-0.4, -0.2) is 23.8 Å². The number of nitrogen functional groups attached to an aromatic ring is 2. The SMILES string of the molecule is CC(C(=O)O)[C@@H]1COc2c(N)ccc(N)c2O1. The number of carbonyl (C=O) groups is 1. The summed E-state index contributed by atoms with van der Waals surface area (Å²) in [6, 6.07) is 3.23. The molecule has 1 unspecified atom stereocenters. The molecule has 6 nitrogen and oxygen atoms in total. The lowest BCUT2D eigenvalue weighted by Crippen LogP contribution is -2.38. The Hall–Kier alpha value is -2.11. The number of anilines is 2. The average molecular weight is 238 g/mol. The Bertz CT molecular complexity index is 461. The fourth-order valence-corrected chi connectivity index (χ4v) is 1.62. The van der Waals surface area contributed by atoms with Gasteiger partial charge in [0.05, 0.1) is 17.3 Å². The number of carboxylic acid groups (broad SMARTS) is 1. The first-order chi connectivity index (χ1) is 8.00. The zero-order chi connectivity index (χ0) is 12.6. The third-order valence-corrected chi connectivity index (χ3v) is 2.78. The summed E-state index contributed by atoms with van der Waals surface area (Å²) >= 11 is 0. The van der Waals surface area contributed by atoms with Gasteiger partial charge in [-0.3, -0.25) is 4.79 Å². The van der Waals surface area contributed by atoms with Gasteiger partial charge in [0.1, 0.15) is 12.7 Å². The molecule has 1 aliphatic rings. The summed E-state index contributed by atoms with van der Waals surface area (Å²) in [5, 5.41) is 8.91. The van der Waals surface area contributed by atoms with Crippen molar-refractivity contribution in [3.8, 4) is 11.5 Å². The van der Waals surface area contributed by atoms with E-state index in [0.717, 1.165) is 0 Å². The van der Waals surface area contributed by atoms with Gasteiger partial charge in [-0.25, -0.2) is 0 Å². The van der Waals surface area contributed by atoms with Gasteiger partial charge in [0.25, 0.3) is 0 Å². The molecule has 0 fully saturated rings. The molecule has 0 bridgehead atoms. The molecule has 6 heteroatoms. The third kappa shape index (κ3) is 1.93. The number of fused-ring (bicyclic) bond motifs is 1. The van der Waals surface area contributed by atoms with Crippen LogP contribution in [-0.2, 0) is 4.79 Å². The first-order valence-corrected chi connectivity index (χ1v) is 5.21. The van der Waals surface area contributed by atoms with E-state index in [1.54, 1.807) is 19.1 Å². The van der Waals surface area contributed by atoms with Gasteiger partial charge in [0.2, 0.25) is 0 Å². The quantitative estimate of drug-likeness (QED) is 0.655. The topological polar surface area (TPSA) is 108 Å². The van der Waals surface area contributed by atoms with Gasteiger partial charge in [-0.1, -0.05) is 0 Å². The molecule has 0 amide bonds.